The minimum absolute atomic E-state index is 0.364. The lowest BCUT2D eigenvalue weighted by Gasteiger charge is -2.39. The van der Waals surface area contributed by atoms with E-state index in [1.165, 1.54) is 0 Å². The summed E-state index contributed by atoms with van der Waals surface area (Å²) >= 11 is 0. The fraction of sp³-hybridized carbons (Fsp3) is 0.769. The molecular weight excluding hydrogens is 264 g/mol. The van der Waals surface area contributed by atoms with Crippen LogP contribution in [0.2, 0.25) is 0 Å². The number of rotatable bonds is 7. The van der Waals surface area contributed by atoms with Crippen LogP contribution in [-0.4, -0.2) is 59.1 Å². The summed E-state index contributed by atoms with van der Waals surface area (Å²) < 4.78 is 0. The van der Waals surface area contributed by atoms with E-state index in [1.54, 1.807) is 0 Å². The van der Waals surface area contributed by atoms with Crippen molar-refractivity contribution in [3.8, 4) is 0 Å². The van der Waals surface area contributed by atoms with Gasteiger partial charge in [-0.2, -0.15) is 0 Å². The highest BCUT2D eigenvalue weighted by Crippen LogP contribution is 2.33. The topological polar surface area (TPSA) is 107 Å². The second-order valence-electron chi connectivity index (χ2n) is 5.26. The molecule has 0 aromatic carbocycles. The van der Waals surface area contributed by atoms with Crippen molar-refractivity contribution in [3.63, 3.8) is 0 Å². The van der Waals surface area contributed by atoms with Crippen LogP contribution in [0.3, 0.4) is 0 Å². The van der Waals surface area contributed by atoms with Crippen LogP contribution in [0.25, 0.3) is 0 Å². The fourth-order valence-corrected chi connectivity index (χ4v) is 2.81. The summed E-state index contributed by atoms with van der Waals surface area (Å²) in [6.07, 6.45) is 2.93. The summed E-state index contributed by atoms with van der Waals surface area (Å²) in [6.45, 7) is 2.13. The molecule has 7 nitrogen and oxygen atoms in total. The average molecular weight is 286 g/mol. The summed E-state index contributed by atoms with van der Waals surface area (Å²) in [5, 5.41) is 20.9. The van der Waals surface area contributed by atoms with Gasteiger partial charge in [-0.25, -0.2) is 0 Å². The van der Waals surface area contributed by atoms with Crippen LogP contribution < -0.4 is 5.32 Å². The predicted octanol–water partition coefficient (Wildman–Crippen LogP) is 0.154. The van der Waals surface area contributed by atoms with Gasteiger partial charge in [0.2, 0.25) is 5.91 Å². The van der Waals surface area contributed by atoms with E-state index in [4.69, 9.17) is 10.2 Å². The second kappa shape index (κ2) is 7.23. The fourth-order valence-electron chi connectivity index (χ4n) is 2.81. The van der Waals surface area contributed by atoms with Gasteiger partial charge in [-0.15, -0.1) is 0 Å². The predicted molar refractivity (Wildman–Crippen MR) is 71.3 cm³/mol. The molecule has 0 aromatic rings. The highest BCUT2D eigenvalue weighted by atomic mass is 16.4. The number of carbonyl (C=O) groups excluding carboxylic acids is 1. The monoisotopic (exact) mass is 286 g/mol. The van der Waals surface area contributed by atoms with Gasteiger partial charge >= 0.3 is 11.9 Å². The zero-order chi connectivity index (χ0) is 15.2. The van der Waals surface area contributed by atoms with Crippen LogP contribution in [0.5, 0.6) is 0 Å². The van der Waals surface area contributed by atoms with Crippen LogP contribution >= 0.6 is 0 Å². The summed E-state index contributed by atoms with van der Waals surface area (Å²) in [4.78, 5) is 35.3. The number of carboxylic acid groups (broad SMARTS) is 2. The molecule has 0 bridgehead atoms. The molecule has 1 heterocycles. The third kappa shape index (κ3) is 4.19. The van der Waals surface area contributed by atoms with Gasteiger partial charge in [-0.3, -0.25) is 14.4 Å². The number of hydrogen-bond acceptors (Lipinski definition) is 4. The van der Waals surface area contributed by atoms with Crippen molar-refractivity contribution in [1.29, 1.82) is 0 Å². The Hall–Kier alpha value is -1.63. The zero-order valence-corrected chi connectivity index (χ0v) is 11.7. The van der Waals surface area contributed by atoms with E-state index >= 15 is 0 Å². The van der Waals surface area contributed by atoms with Crippen LogP contribution in [-0.2, 0) is 14.4 Å². The van der Waals surface area contributed by atoms with Crippen molar-refractivity contribution in [2.24, 2.45) is 5.41 Å². The maximum absolute atomic E-state index is 12.6. The number of carbonyl (C=O) groups is 3. The molecule has 1 atom stereocenters. The summed E-state index contributed by atoms with van der Waals surface area (Å²) in [5.74, 6) is -2.76. The standard InChI is InChI=1S/C13H22N2O5/c1-2-4-13(5-3-6-14-9-13)12(20)15(7-10(16)17)8-11(18)19/h14H,2-9H2,1H3,(H,16,17)(H,18,19). The molecule has 0 saturated carbocycles. The van der Waals surface area contributed by atoms with E-state index in [2.05, 4.69) is 5.32 Å². The molecule has 1 aliphatic heterocycles. The summed E-state index contributed by atoms with van der Waals surface area (Å²) in [7, 11) is 0. The SMILES string of the molecule is CCCC1(C(=O)N(CC(=O)O)CC(=O)O)CCCNC1. The number of hydrogen-bond donors (Lipinski definition) is 3. The Labute approximate surface area is 117 Å². The van der Waals surface area contributed by atoms with E-state index < -0.39 is 30.4 Å². The smallest absolute Gasteiger partial charge is 0.323 e. The van der Waals surface area contributed by atoms with Crippen molar-refractivity contribution >= 4 is 17.8 Å². The van der Waals surface area contributed by atoms with Crippen molar-refractivity contribution in [2.45, 2.75) is 32.6 Å². The minimum atomic E-state index is -1.20. The zero-order valence-electron chi connectivity index (χ0n) is 11.7. The Morgan fingerprint density at radius 3 is 2.20 bits per heavy atom. The lowest BCUT2D eigenvalue weighted by atomic mass is 9.75. The van der Waals surface area contributed by atoms with E-state index in [-0.39, 0.29) is 5.91 Å². The number of aliphatic carboxylic acids is 2. The van der Waals surface area contributed by atoms with Gasteiger partial charge in [-0.05, 0) is 25.8 Å². The molecule has 0 aromatic heterocycles. The molecular formula is C13H22N2O5. The molecule has 1 aliphatic rings. The molecule has 1 fully saturated rings. The van der Waals surface area contributed by atoms with Gasteiger partial charge in [0.15, 0.2) is 0 Å². The van der Waals surface area contributed by atoms with E-state index in [1.807, 2.05) is 6.92 Å². The molecule has 3 N–H and O–H groups in total. The molecule has 1 rings (SSSR count). The second-order valence-corrected chi connectivity index (χ2v) is 5.26. The third-order valence-electron chi connectivity index (χ3n) is 3.59. The maximum atomic E-state index is 12.6. The molecule has 1 saturated heterocycles. The van der Waals surface area contributed by atoms with Gasteiger partial charge in [0.1, 0.15) is 13.1 Å². The quantitative estimate of drug-likeness (QED) is 0.615. The lowest BCUT2D eigenvalue weighted by Crippen LogP contribution is -2.54. The molecule has 0 spiro atoms. The summed E-state index contributed by atoms with van der Waals surface area (Å²) in [6, 6.07) is 0. The third-order valence-corrected chi connectivity index (χ3v) is 3.59. The van der Waals surface area contributed by atoms with Gasteiger partial charge in [0.05, 0.1) is 5.41 Å². The lowest BCUT2D eigenvalue weighted by molar-refractivity contribution is -0.155. The number of nitrogens with one attached hydrogen (secondary N) is 1. The van der Waals surface area contributed by atoms with Crippen LogP contribution in [0.4, 0.5) is 0 Å². The van der Waals surface area contributed by atoms with Crippen molar-refractivity contribution in [1.82, 2.24) is 10.2 Å². The first-order chi connectivity index (χ1) is 9.41. The first-order valence-corrected chi connectivity index (χ1v) is 6.85. The minimum Gasteiger partial charge on any atom is -0.480 e. The number of nitrogens with zero attached hydrogens (tertiary/aromatic N) is 1. The molecule has 20 heavy (non-hydrogen) atoms. The Morgan fingerprint density at radius 2 is 1.80 bits per heavy atom. The van der Waals surface area contributed by atoms with E-state index in [9.17, 15) is 14.4 Å². The van der Waals surface area contributed by atoms with Crippen molar-refractivity contribution < 1.29 is 24.6 Å². The molecule has 114 valence electrons. The highest BCUT2D eigenvalue weighted by molar-refractivity contribution is 5.89. The number of carboxylic acids is 2. The first-order valence-electron chi connectivity index (χ1n) is 6.85. The Bertz CT molecular complexity index is 355. The molecule has 1 amide bonds. The van der Waals surface area contributed by atoms with Gasteiger partial charge in [0, 0.05) is 6.54 Å². The van der Waals surface area contributed by atoms with Gasteiger partial charge < -0.3 is 20.4 Å². The maximum Gasteiger partial charge on any atom is 0.323 e. The van der Waals surface area contributed by atoms with Crippen molar-refractivity contribution in [2.75, 3.05) is 26.2 Å². The van der Waals surface area contributed by atoms with Crippen LogP contribution in [0.15, 0.2) is 0 Å². The van der Waals surface area contributed by atoms with Gasteiger partial charge in [-0.1, -0.05) is 13.3 Å². The van der Waals surface area contributed by atoms with Crippen LogP contribution in [0, 0.1) is 5.41 Å². The van der Waals surface area contributed by atoms with E-state index in [0.717, 1.165) is 24.3 Å². The largest absolute Gasteiger partial charge is 0.480 e. The van der Waals surface area contributed by atoms with Crippen LogP contribution in [0.1, 0.15) is 32.6 Å². The average Bonchev–Trinajstić information content (AvgIpc) is 2.37. The molecule has 7 heteroatoms. The molecule has 0 aliphatic carbocycles. The Balaban J connectivity index is 2.92. The molecule has 0 radical (unpaired) electrons. The van der Waals surface area contributed by atoms with E-state index in [0.29, 0.717) is 19.4 Å². The summed E-state index contributed by atoms with van der Waals surface area (Å²) in [5.41, 5.74) is -0.669. The number of piperidine rings is 1. The Kier molecular flexibility index (Phi) is 5.94. The molecule has 1 unspecified atom stereocenters. The first kappa shape index (κ1) is 16.4. The Morgan fingerprint density at radius 1 is 1.20 bits per heavy atom. The van der Waals surface area contributed by atoms with Crippen molar-refractivity contribution in [3.05, 3.63) is 0 Å². The highest BCUT2D eigenvalue weighted by Gasteiger charge is 2.42. The number of amides is 1. The normalized spacial score (nSPS) is 22.2. The van der Waals surface area contributed by atoms with Gasteiger partial charge in [0.25, 0.3) is 0 Å².